The van der Waals surface area contributed by atoms with E-state index in [0.29, 0.717) is 29.1 Å². The highest BCUT2D eigenvalue weighted by Gasteiger charge is 2.58. The maximum atomic E-state index is 10.1. The molecule has 3 aliphatic carbocycles. The molecule has 0 spiro atoms. The monoisotopic (exact) mass is 363 g/mol. The second-order valence-electron chi connectivity index (χ2n) is 10.1. The van der Waals surface area contributed by atoms with E-state index in [4.69, 9.17) is 5.73 Å². The van der Waals surface area contributed by atoms with Crippen LogP contribution in [0.3, 0.4) is 0 Å². The number of aliphatic hydroxyl groups is 2. The van der Waals surface area contributed by atoms with Gasteiger partial charge >= 0.3 is 0 Å². The molecule has 4 N–H and O–H groups in total. The quantitative estimate of drug-likeness (QED) is 0.643. The molecule has 0 aromatic heterocycles. The molecule has 8 atom stereocenters. The minimum atomic E-state index is -0.242. The third kappa shape index (κ3) is 3.08. The average molecular weight is 364 g/mol. The molecule has 150 valence electrons. The Labute approximate surface area is 160 Å². The van der Waals surface area contributed by atoms with Crippen LogP contribution in [0.5, 0.6) is 0 Å². The van der Waals surface area contributed by atoms with E-state index in [1.165, 1.54) is 31.3 Å². The number of nitrogens with two attached hydrogens (primary N) is 1. The van der Waals surface area contributed by atoms with E-state index in [1.807, 2.05) is 0 Å². The van der Waals surface area contributed by atoms with Crippen LogP contribution in [0.15, 0.2) is 12.2 Å². The van der Waals surface area contributed by atoms with E-state index in [9.17, 15) is 10.2 Å². The number of hydrogen-bond acceptors (Lipinski definition) is 3. The predicted octanol–water partition coefficient (Wildman–Crippen LogP) is 4.13. The van der Waals surface area contributed by atoms with Crippen molar-refractivity contribution in [3.8, 4) is 0 Å². The van der Waals surface area contributed by atoms with Gasteiger partial charge < -0.3 is 15.9 Å². The Balaban J connectivity index is 1.87. The van der Waals surface area contributed by atoms with Crippen molar-refractivity contribution in [2.75, 3.05) is 13.2 Å². The van der Waals surface area contributed by atoms with E-state index in [-0.39, 0.29) is 24.0 Å². The lowest BCUT2D eigenvalue weighted by molar-refractivity contribution is -0.0997. The van der Waals surface area contributed by atoms with Crippen molar-refractivity contribution in [2.24, 2.45) is 46.2 Å². The third-order valence-corrected chi connectivity index (χ3v) is 9.23. The van der Waals surface area contributed by atoms with Gasteiger partial charge in [-0.2, -0.15) is 0 Å². The summed E-state index contributed by atoms with van der Waals surface area (Å²) in [6.07, 6.45) is 8.52. The first-order valence-electron chi connectivity index (χ1n) is 11.0. The number of rotatable bonds is 5. The Morgan fingerprint density at radius 2 is 1.73 bits per heavy atom. The summed E-state index contributed by atoms with van der Waals surface area (Å²) in [6.45, 7) is 12.5. The van der Waals surface area contributed by atoms with Crippen molar-refractivity contribution >= 4 is 0 Å². The summed E-state index contributed by atoms with van der Waals surface area (Å²) in [7, 11) is 0. The minimum absolute atomic E-state index is 0.110. The van der Waals surface area contributed by atoms with Gasteiger partial charge in [0.1, 0.15) is 0 Å². The summed E-state index contributed by atoms with van der Waals surface area (Å²) in [5.74, 6) is 2.66. The molecule has 3 fully saturated rings. The molecule has 0 aliphatic heterocycles. The molecule has 0 radical (unpaired) electrons. The van der Waals surface area contributed by atoms with Gasteiger partial charge in [0.25, 0.3) is 0 Å². The summed E-state index contributed by atoms with van der Waals surface area (Å²) >= 11 is 0. The van der Waals surface area contributed by atoms with Crippen LogP contribution in [0.25, 0.3) is 0 Å². The molecule has 0 heterocycles. The molecule has 0 aromatic carbocycles. The largest absolute Gasteiger partial charge is 0.396 e. The topological polar surface area (TPSA) is 66.5 Å². The van der Waals surface area contributed by atoms with E-state index in [0.717, 1.165) is 32.2 Å². The van der Waals surface area contributed by atoms with Crippen molar-refractivity contribution in [3.63, 3.8) is 0 Å². The van der Waals surface area contributed by atoms with Crippen molar-refractivity contribution in [1.29, 1.82) is 0 Å². The van der Waals surface area contributed by atoms with Gasteiger partial charge in [-0.15, -0.1) is 0 Å². The van der Waals surface area contributed by atoms with Crippen molar-refractivity contribution in [1.82, 2.24) is 0 Å². The number of allylic oxidation sites excluding steroid dienone is 1. The highest BCUT2D eigenvalue weighted by atomic mass is 16.3. The van der Waals surface area contributed by atoms with Crippen molar-refractivity contribution in [2.45, 2.75) is 78.2 Å². The molecular formula is C23H41NO2. The molecule has 3 unspecified atom stereocenters. The lowest BCUT2D eigenvalue weighted by Crippen LogP contribution is -2.53. The first kappa shape index (κ1) is 20.4. The zero-order chi connectivity index (χ0) is 19.1. The molecule has 3 heteroatoms. The van der Waals surface area contributed by atoms with Gasteiger partial charge in [-0.25, -0.2) is 0 Å². The van der Waals surface area contributed by atoms with Crippen LogP contribution in [-0.4, -0.2) is 29.5 Å². The van der Waals surface area contributed by atoms with E-state index in [2.05, 4.69) is 27.4 Å². The van der Waals surface area contributed by atoms with Gasteiger partial charge in [-0.3, -0.25) is 0 Å². The molecule has 3 aliphatic rings. The molecule has 3 rings (SSSR count). The fraction of sp³-hybridized carbons (Fsp3) is 0.913. The molecule has 3 nitrogen and oxygen atoms in total. The van der Waals surface area contributed by atoms with E-state index in [1.54, 1.807) is 0 Å². The molecule has 26 heavy (non-hydrogen) atoms. The van der Waals surface area contributed by atoms with Crippen LogP contribution < -0.4 is 5.73 Å². The first-order valence-corrected chi connectivity index (χ1v) is 11.0. The standard InChI is InChI=1S/C23H41NO2/c1-5-15(2)19-6-7-20-18(13-24)21(9-11-23(19,20)4)22(3)10-8-17(26)12-16(22)14-25/h16-21,25-26H,2,5-14,24H2,1,3-4H3/t16-,17+,18-,19?,20?,21?,22+,23+/m1/s1. The molecule has 0 bridgehead atoms. The van der Waals surface area contributed by atoms with Gasteiger partial charge in [0.05, 0.1) is 6.10 Å². The Morgan fingerprint density at radius 1 is 1.08 bits per heavy atom. The Kier molecular flexibility index (Phi) is 5.92. The predicted molar refractivity (Wildman–Crippen MR) is 108 cm³/mol. The van der Waals surface area contributed by atoms with Gasteiger partial charge in [-0.05, 0) is 98.3 Å². The Hall–Kier alpha value is -0.380. The van der Waals surface area contributed by atoms with Gasteiger partial charge in [0, 0.05) is 6.61 Å². The molecule has 0 aromatic rings. The molecule has 3 saturated carbocycles. The zero-order valence-electron chi connectivity index (χ0n) is 17.2. The van der Waals surface area contributed by atoms with Gasteiger partial charge in [0.2, 0.25) is 0 Å². The molecule has 0 amide bonds. The van der Waals surface area contributed by atoms with Crippen LogP contribution in [0.4, 0.5) is 0 Å². The highest BCUT2D eigenvalue weighted by Crippen LogP contribution is 2.64. The maximum Gasteiger partial charge on any atom is 0.0544 e. The maximum absolute atomic E-state index is 10.1. The van der Waals surface area contributed by atoms with Crippen molar-refractivity contribution < 1.29 is 10.2 Å². The normalized spacial score (nSPS) is 49.0. The molecule has 0 saturated heterocycles. The summed E-state index contributed by atoms with van der Waals surface area (Å²) in [4.78, 5) is 0. The van der Waals surface area contributed by atoms with Crippen LogP contribution >= 0.6 is 0 Å². The fourth-order valence-corrected chi connectivity index (χ4v) is 7.52. The van der Waals surface area contributed by atoms with E-state index >= 15 is 0 Å². The second kappa shape index (κ2) is 7.56. The first-order chi connectivity index (χ1) is 12.3. The third-order valence-electron chi connectivity index (χ3n) is 9.23. The highest BCUT2D eigenvalue weighted by molar-refractivity contribution is 5.15. The van der Waals surface area contributed by atoms with Crippen LogP contribution in [0.2, 0.25) is 0 Å². The van der Waals surface area contributed by atoms with Crippen molar-refractivity contribution in [3.05, 3.63) is 12.2 Å². The number of fused-ring (bicyclic) bond motifs is 1. The van der Waals surface area contributed by atoms with Gasteiger partial charge in [-0.1, -0.05) is 32.9 Å². The summed E-state index contributed by atoms with van der Waals surface area (Å²) in [5, 5.41) is 20.2. The average Bonchev–Trinajstić information content (AvgIpc) is 2.99. The second-order valence-corrected chi connectivity index (χ2v) is 10.1. The van der Waals surface area contributed by atoms with Crippen LogP contribution in [0.1, 0.15) is 72.1 Å². The Bertz CT molecular complexity index is 520. The smallest absolute Gasteiger partial charge is 0.0544 e. The van der Waals surface area contributed by atoms with Crippen LogP contribution in [0, 0.1) is 40.4 Å². The fourth-order valence-electron chi connectivity index (χ4n) is 7.52. The molecular weight excluding hydrogens is 322 g/mol. The summed E-state index contributed by atoms with van der Waals surface area (Å²) in [6, 6.07) is 0. The summed E-state index contributed by atoms with van der Waals surface area (Å²) in [5.41, 5.74) is 8.31. The van der Waals surface area contributed by atoms with Gasteiger partial charge in [0.15, 0.2) is 0 Å². The zero-order valence-corrected chi connectivity index (χ0v) is 17.2. The Morgan fingerprint density at radius 3 is 2.35 bits per heavy atom. The van der Waals surface area contributed by atoms with Crippen LogP contribution in [-0.2, 0) is 0 Å². The van der Waals surface area contributed by atoms with E-state index < -0.39 is 0 Å². The lowest BCUT2D eigenvalue weighted by Gasteiger charge is -2.57. The summed E-state index contributed by atoms with van der Waals surface area (Å²) < 4.78 is 0. The number of aliphatic hydroxyl groups excluding tert-OH is 2. The lowest BCUT2D eigenvalue weighted by atomic mass is 9.48. The SMILES string of the molecule is C=C(CC)C1CCC2[C@@H](CN)C([C@@]3(C)CC[C@H](O)C[C@@H]3CO)CC[C@@]12C. The minimum Gasteiger partial charge on any atom is -0.396 e. The number of hydrogen-bond donors (Lipinski definition) is 3.